The molecule has 0 spiro atoms. The molecule has 0 bridgehead atoms. The SMILES string of the molecule is CC(C)NC(=O)C(C)Nc1c(F)c(F)nc(F)c1F. The van der Waals surface area contributed by atoms with Gasteiger partial charge in [0.25, 0.3) is 11.9 Å². The van der Waals surface area contributed by atoms with Crippen LogP contribution in [-0.4, -0.2) is 23.0 Å². The van der Waals surface area contributed by atoms with Crippen molar-refractivity contribution in [1.29, 1.82) is 0 Å². The summed E-state index contributed by atoms with van der Waals surface area (Å²) in [4.78, 5) is 13.9. The Bertz CT molecular complexity index is 467. The zero-order chi connectivity index (χ0) is 14.7. The quantitative estimate of drug-likeness (QED) is 0.654. The highest BCUT2D eigenvalue weighted by molar-refractivity contribution is 5.84. The van der Waals surface area contributed by atoms with E-state index in [9.17, 15) is 22.4 Å². The van der Waals surface area contributed by atoms with E-state index in [-0.39, 0.29) is 6.04 Å². The van der Waals surface area contributed by atoms with E-state index in [1.165, 1.54) is 6.92 Å². The second-order valence-corrected chi connectivity index (χ2v) is 4.23. The molecule has 0 aromatic carbocycles. The molecular weight excluding hydrogens is 266 g/mol. The van der Waals surface area contributed by atoms with Crippen LogP contribution < -0.4 is 10.6 Å². The molecule has 1 rings (SSSR count). The number of aromatic nitrogens is 1. The molecule has 1 atom stereocenters. The highest BCUT2D eigenvalue weighted by Crippen LogP contribution is 2.22. The number of amides is 1. The highest BCUT2D eigenvalue weighted by Gasteiger charge is 2.24. The normalized spacial score (nSPS) is 12.4. The second-order valence-electron chi connectivity index (χ2n) is 4.23. The first kappa shape index (κ1) is 15.2. The lowest BCUT2D eigenvalue weighted by atomic mass is 10.2. The summed E-state index contributed by atoms with van der Waals surface area (Å²) in [5.41, 5.74) is -1.06. The number of halogens is 4. The Balaban J connectivity index is 2.97. The standard InChI is InChI=1S/C11H13F4N3O/c1-4(2)16-11(19)5(3)17-8-6(12)9(14)18-10(15)7(8)13/h4-5H,1-3H3,(H,16,19)(H,17,18). The Hall–Kier alpha value is -1.86. The minimum Gasteiger partial charge on any atom is -0.369 e. The fraction of sp³-hybridized carbons (Fsp3) is 0.455. The Labute approximate surface area is 107 Å². The fourth-order valence-corrected chi connectivity index (χ4v) is 1.31. The number of nitrogens with one attached hydrogen (secondary N) is 2. The smallest absolute Gasteiger partial charge is 0.253 e. The monoisotopic (exact) mass is 279 g/mol. The summed E-state index contributed by atoms with van der Waals surface area (Å²) in [5, 5.41) is 4.56. The third-order valence-corrected chi connectivity index (χ3v) is 2.18. The molecule has 0 fully saturated rings. The molecule has 19 heavy (non-hydrogen) atoms. The van der Waals surface area contributed by atoms with Crippen LogP contribution in [0.15, 0.2) is 0 Å². The molecule has 0 aliphatic heterocycles. The van der Waals surface area contributed by atoms with Crippen molar-refractivity contribution in [3.05, 3.63) is 23.5 Å². The molecule has 1 aromatic rings. The summed E-state index contributed by atoms with van der Waals surface area (Å²) >= 11 is 0. The van der Waals surface area contributed by atoms with Gasteiger partial charge >= 0.3 is 0 Å². The van der Waals surface area contributed by atoms with Gasteiger partial charge in [0.1, 0.15) is 11.7 Å². The Morgan fingerprint density at radius 3 is 1.95 bits per heavy atom. The first-order chi connectivity index (χ1) is 8.73. The topological polar surface area (TPSA) is 54.0 Å². The van der Waals surface area contributed by atoms with Crippen molar-refractivity contribution >= 4 is 11.6 Å². The lowest BCUT2D eigenvalue weighted by Crippen LogP contribution is -2.41. The number of carbonyl (C=O) groups is 1. The van der Waals surface area contributed by atoms with Crippen LogP contribution in [0.4, 0.5) is 23.2 Å². The molecule has 0 radical (unpaired) electrons. The van der Waals surface area contributed by atoms with E-state index in [0.717, 1.165) is 0 Å². The molecule has 0 saturated heterocycles. The number of hydrogen-bond acceptors (Lipinski definition) is 3. The molecule has 0 aliphatic carbocycles. The number of nitrogens with zero attached hydrogens (tertiary/aromatic N) is 1. The molecule has 0 saturated carbocycles. The molecule has 1 aromatic heterocycles. The molecule has 1 amide bonds. The number of hydrogen-bond donors (Lipinski definition) is 2. The maximum Gasteiger partial charge on any atom is 0.253 e. The van der Waals surface area contributed by atoms with E-state index in [2.05, 4.69) is 15.6 Å². The number of carbonyl (C=O) groups excluding carboxylic acids is 1. The number of pyridine rings is 1. The van der Waals surface area contributed by atoms with Crippen LogP contribution in [0.3, 0.4) is 0 Å². The molecule has 106 valence electrons. The minimum absolute atomic E-state index is 0.183. The Morgan fingerprint density at radius 1 is 1.05 bits per heavy atom. The van der Waals surface area contributed by atoms with Gasteiger partial charge in [-0.2, -0.15) is 22.5 Å². The van der Waals surface area contributed by atoms with E-state index in [1.54, 1.807) is 13.8 Å². The molecular formula is C11H13F4N3O. The summed E-state index contributed by atoms with van der Waals surface area (Å²) in [6, 6.07) is -1.26. The van der Waals surface area contributed by atoms with Crippen LogP contribution in [0, 0.1) is 23.5 Å². The van der Waals surface area contributed by atoms with Gasteiger partial charge in [-0.3, -0.25) is 4.79 Å². The van der Waals surface area contributed by atoms with E-state index in [4.69, 9.17) is 0 Å². The van der Waals surface area contributed by atoms with Gasteiger partial charge in [0, 0.05) is 6.04 Å². The maximum atomic E-state index is 13.3. The van der Waals surface area contributed by atoms with Crippen molar-refractivity contribution in [1.82, 2.24) is 10.3 Å². The van der Waals surface area contributed by atoms with E-state index >= 15 is 0 Å². The first-order valence-electron chi connectivity index (χ1n) is 5.51. The van der Waals surface area contributed by atoms with Crippen LogP contribution >= 0.6 is 0 Å². The molecule has 8 heteroatoms. The Kier molecular flexibility index (Phi) is 4.68. The number of rotatable bonds is 4. The van der Waals surface area contributed by atoms with E-state index < -0.39 is 41.2 Å². The van der Waals surface area contributed by atoms with Crippen molar-refractivity contribution in [2.24, 2.45) is 0 Å². The summed E-state index contributed by atoms with van der Waals surface area (Å²) < 4.78 is 52.3. The van der Waals surface area contributed by atoms with Crippen LogP contribution in [0.25, 0.3) is 0 Å². The van der Waals surface area contributed by atoms with Gasteiger partial charge in [0.05, 0.1) is 0 Å². The van der Waals surface area contributed by atoms with Gasteiger partial charge in [-0.25, -0.2) is 0 Å². The largest absolute Gasteiger partial charge is 0.369 e. The van der Waals surface area contributed by atoms with Crippen LogP contribution in [0.1, 0.15) is 20.8 Å². The van der Waals surface area contributed by atoms with Crippen molar-refractivity contribution in [2.75, 3.05) is 5.32 Å². The predicted molar refractivity (Wildman–Crippen MR) is 60.4 cm³/mol. The van der Waals surface area contributed by atoms with Gasteiger partial charge in [-0.15, -0.1) is 0 Å². The minimum atomic E-state index is -1.78. The summed E-state index contributed by atoms with van der Waals surface area (Å²) in [7, 11) is 0. The highest BCUT2D eigenvalue weighted by atomic mass is 19.2. The zero-order valence-electron chi connectivity index (χ0n) is 10.5. The van der Waals surface area contributed by atoms with Crippen molar-refractivity contribution in [2.45, 2.75) is 32.9 Å². The van der Waals surface area contributed by atoms with Crippen LogP contribution in [0.5, 0.6) is 0 Å². The Morgan fingerprint density at radius 2 is 1.53 bits per heavy atom. The number of anilines is 1. The van der Waals surface area contributed by atoms with Crippen LogP contribution in [0.2, 0.25) is 0 Å². The van der Waals surface area contributed by atoms with Gasteiger partial charge in [-0.05, 0) is 20.8 Å². The van der Waals surface area contributed by atoms with Gasteiger partial charge in [0.15, 0.2) is 0 Å². The van der Waals surface area contributed by atoms with E-state index in [0.29, 0.717) is 0 Å². The van der Waals surface area contributed by atoms with Gasteiger partial charge < -0.3 is 10.6 Å². The lowest BCUT2D eigenvalue weighted by Gasteiger charge is -2.17. The molecule has 1 heterocycles. The molecule has 1 unspecified atom stereocenters. The fourth-order valence-electron chi connectivity index (χ4n) is 1.31. The van der Waals surface area contributed by atoms with Crippen molar-refractivity contribution in [3.8, 4) is 0 Å². The van der Waals surface area contributed by atoms with Crippen molar-refractivity contribution in [3.63, 3.8) is 0 Å². The first-order valence-corrected chi connectivity index (χ1v) is 5.51. The zero-order valence-corrected chi connectivity index (χ0v) is 10.5. The maximum absolute atomic E-state index is 13.3. The second kappa shape index (κ2) is 5.85. The summed E-state index contributed by atoms with van der Waals surface area (Å²) in [6.07, 6.45) is 0. The summed E-state index contributed by atoms with van der Waals surface area (Å²) in [6.45, 7) is 4.68. The van der Waals surface area contributed by atoms with Gasteiger partial charge in [0.2, 0.25) is 17.5 Å². The summed E-state index contributed by atoms with van der Waals surface area (Å²) in [5.74, 6) is -7.48. The molecule has 4 nitrogen and oxygen atoms in total. The van der Waals surface area contributed by atoms with Gasteiger partial charge in [-0.1, -0.05) is 0 Å². The van der Waals surface area contributed by atoms with Crippen LogP contribution in [-0.2, 0) is 4.79 Å². The molecule has 2 N–H and O–H groups in total. The third kappa shape index (κ3) is 3.55. The average molecular weight is 279 g/mol. The molecule has 0 aliphatic rings. The lowest BCUT2D eigenvalue weighted by molar-refractivity contribution is -0.122. The van der Waals surface area contributed by atoms with E-state index in [1.807, 2.05) is 0 Å². The average Bonchev–Trinajstić information content (AvgIpc) is 2.31. The van der Waals surface area contributed by atoms with Crippen molar-refractivity contribution < 1.29 is 22.4 Å². The third-order valence-electron chi connectivity index (χ3n) is 2.18. The predicted octanol–water partition coefficient (Wildman–Crippen LogP) is 1.96.